The number of aryl methyl sites for hydroxylation is 1. The molecule has 17 heavy (non-hydrogen) atoms. The van der Waals surface area contributed by atoms with Gasteiger partial charge in [-0.25, -0.2) is 0 Å². The maximum Gasteiger partial charge on any atom is 0.0534 e. The van der Waals surface area contributed by atoms with Gasteiger partial charge in [-0.05, 0) is 25.3 Å². The Hall–Kier alpha value is -0.870. The summed E-state index contributed by atoms with van der Waals surface area (Å²) in [4.78, 5) is 2.36. The minimum absolute atomic E-state index is 0.289. The van der Waals surface area contributed by atoms with E-state index in [9.17, 15) is 0 Å². The van der Waals surface area contributed by atoms with E-state index in [2.05, 4.69) is 30.2 Å². The SMILES string of the molecule is CN(Cc1cnn(C)c1)CC1(C)CCCC1N. The van der Waals surface area contributed by atoms with Crippen molar-refractivity contribution in [2.75, 3.05) is 13.6 Å². The third-order valence-corrected chi connectivity index (χ3v) is 4.00. The zero-order valence-electron chi connectivity index (χ0n) is 11.2. The zero-order chi connectivity index (χ0) is 12.5. The molecule has 4 heteroatoms. The molecule has 0 aromatic carbocycles. The summed E-state index contributed by atoms with van der Waals surface area (Å²) in [5.74, 6) is 0. The van der Waals surface area contributed by atoms with Crippen LogP contribution >= 0.6 is 0 Å². The molecule has 4 nitrogen and oxygen atoms in total. The van der Waals surface area contributed by atoms with Crippen LogP contribution in [0.15, 0.2) is 12.4 Å². The summed E-state index contributed by atoms with van der Waals surface area (Å²) in [6.07, 6.45) is 7.72. The number of rotatable bonds is 4. The summed E-state index contributed by atoms with van der Waals surface area (Å²) in [5.41, 5.74) is 7.77. The molecule has 0 amide bonds. The van der Waals surface area contributed by atoms with Crippen LogP contribution in [0.25, 0.3) is 0 Å². The Morgan fingerprint density at radius 3 is 2.94 bits per heavy atom. The lowest BCUT2D eigenvalue weighted by Gasteiger charge is -2.33. The van der Waals surface area contributed by atoms with Gasteiger partial charge in [-0.15, -0.1) is 0 Å². The number of hydrogen-bond donors (Lipinski definition) is 1. The Bertz CT molecular complexity index is 373. The van der Waals surface area contributed by atoms with E-state index < -0.39 is 0 Å². The number of nitrogens with two attached hydrogens (primary N) is 1. The Balaban J connectivity index is 1.91. The molecule has 1 fully saturated rings. The van der Waals surface area contributed by atoms with Crippen LogP contribution in [0, 0.1) is 5.41 Å². The average Bonchev–Trinajstić information content (AvgIpc) is 2.75. The van der Waals surface area contributed by atoms with Crippen LogP contribution < -0.4 is 5.73 Å². The smallest absolute Gasteiger partial charge is 0.0534 e. The molecule has 1 aromatic heterocycles. The molecule has 96 valence electrons. The molecule has 2 rings (SSSR count). The minimum Gasteiger partial charge on any atom is -0.327 e. The van der Waals surface area contributed by atoms with Crippen molar-refractivity contribution >= 4 is 0 Å². The fourth-order valence-corrected chi connectivity index (χ4v) is 2.99. The fraction of sp³-hybridized carbons (Fsp3) is 0.769. The largest absolute Gasteiger partial charge is 0.327 e. The maximum atomic E-state index is 6.22. The molecule has 2 atom stereocenters. The molecule has 1 heterocycles. The normalized spacial score (nSPS) is 29.1. The van der Waals surface area contributed by atoms with Gasteiger partial charge in [0.2, 0.25) is 0 Å². The van der Waals surface area contributed by atoms with Gasteiger partial charge in [0.05, 0.1) is 6.20 Å². The highest BCUT2D eigenvalue weighted by atomic mass is 15.2. The van der Waals surface area contributed by atoms with Gasteiger partial charge < -0.3 is 10.6 Å². The first kappa shape index (κ1) is 12.6. The van der Waals surface area contributed by atoms with Gasteiger partial charge in [0.1, 0.15) is 0 Å². The van der Waals surface area contributed by atoms with Crippen molar-refractivity contribution < 1.29 is 0 Å². The molecule has 0 bridgehead atoms. The number of hydrogen-bond acceptors (Lipinski definition) is 3. The molecule has 1 aliphatic rings. The van der Waals surface area contributed by atoms with Crippen molar-refractivity contribution in [3.63, 3.8) is 0 Å². The lowest BCUT2D eigenvalue weighted by Crippen LogP contribution is -2.42. The summed E-state index contributed by atoms with van der Waals surface area (Å²) in [7, 11) is 4.13. The van der Waals surface area contributed by atoms with E-state index in [0.29, 0.717) is 6.04 Å². The summed E-state index contributed by atoms with van der Waals surface area (Å²) < 4.78 is 1.85. The van der Waals surface area contributed by atoms with Crippen molar-refractivity contribution in [2.45, 2.75) is 38.8 Å². The Kier molecular flexibility index (Phi) is 3.54. The van der Waals surface area contributed by atoms with E-state index >= 15 is 0 Å². The van der Waals surface area contributed by atoms with Gasteiger partial charge in [0, 0.05) is 37.9 Å². The van der Waals surface area contributed by atoms with Crippen LogP contribution in [0.3, 0.4) is 0 Å². The predicted molar refractivity (Wildman–Crippen MR) is 69.5 cm³/mol. The van der Waals surface area contributed by atoms with Gasteiger partial charge in [-0.2, -0.15) is 5.10 Å². The molecule has 0 saturated heterocycles. The Morgan fingerprint density at radius 2 is 2.41 bits per heavy atom. The number of aromatic nitrogens is 2. The second-order valence-electron chi connectivity index (χ2n) is 5.85. The van der Waals surface area contributed by atoms with Crippen molar-refractivity contribution in [3.05, 3.63) is 18.0 Å². The topological polar surface area (TPSA) is 47.1 Å². The molecular formula is C13H24N4. The monoisotopic (exact) mass is 236 g/mol. The first-order valence-corrected chi connectivity index (χ1v) is 6.41. The van der Waals surface area contributed by atoms with Gasteiger partial charge in [0.25, 0.3) is 0 Å². The van der Waals surface area contributed by atoms with Gasteiger partial charge in [0.15, 0.2) is 0 Å². The first-order valence-electron chi connectivity index (χ1n) is 6.41. The summed E-state index contributed by atoms with van der Waals surface area (Å²) in [5, 5.41) is 4.20. The molecule has 0 aliphatic heterocycles. The highest BCUT2D eigenvalue weighted by Crippen LogP contribution is 2.37. The van der Waals surface area contributed by atoms with Gasteiger partial charge >= 0.3 is 0 Å². The quantitative estimate of drug-likeness (QED) is 0.859. The molecule has 0 spiro atoms. The maximum absolute atomic E-state index is 6.22. The summed E-state index contributed by atoms with van der Waals surface area (Å²) in [6, 6.07) is 0.360. The molecule has 2 unspecified atom stereocenters. The van der Waals surface area contributed by atoms with Gasteiger partial charge in [-0.1, -0.05) is 13.3 Å². The molecule has 2 N–H and O–H groups in total. The van der Waals surface area contributed by atoms with Gasteiger partial charge in [-0.3, -0.25) is 4.68 Å². The third kappa shape index (κ3) is 2.87. The van der Waals surface area contributed by atoms with Crippen molar-refractivity contribution in [1.29, 1.82) is 0 Å². The lowest BCUT2D eigenvalue weighted by molar-refractivity contribution is 0.173. The van der Waals surface area contributed by atoms with Crippen molar-refractivity contribution in [2.24, 2.45) is 18.2 Å². The molecule has 1 saturated carbocycles. The van der Waals surface area contributed by atoms with Crippen LogP contribution in [-0.4, -0.2) is 34.3 Å². The highest BCUT2D eigenvalue weighted by Gasteiger charge is 2.36. The van der Waals surface area contributed by atoms with Crippen LogP contribution in [0.2, 0.25) is 0 Å². The van der Waals surface area contributed by atoms with Crippen LogP contribution in [-0.2, 0) is 13.6 Å². The zero-order valence-corrected chi connectivity index (χ0v) is 11.2. The van der Waals surface area contributed by atoms with E-state index in [4.69, 9.17) is 5.73 Å². The van der Waals surface area contributed by atoms with E-state index in [0.717, 1.165) is 13.1 Å². The Labute approximate surface area is 104 Å². The van der Waals surface area contributed by atoms with Crippen LogP contribution in [0.1, 0.15) is 31.7 Å². The number of nitrogens with zero attached hydrogens (tertiary/aromatic N) is 3. The molecule has 1 aliphatic carbocycles. The lowest BCUT2D eigenvalue weighted by atomic mass is 9.84. The highest BCUT2D eigenvalue weighted by molar-refractivity contribution is 5.03. The Morgan fingerprint density at radius 1 is 1.65 bits per heavy atom. The van der Waals surface area contributed by atoms with Crippen LogP contribution in [0.4, 0.5) is 0 Å². The van der Waals surface area contributed by atoms with Crippen LogP contribution in [0.5, 0.6) is 0 Å². The predicted octanol–water partition coefficient (Wildman–Crippen LogP) is 1.37. The fourth-order valence-electron chi connectivity index (χ4n) is 2.99. The average molecular weight is 236 g/mol. The third-order valence-electron chi connectivity index (χ3n) is 4.00. The summed E-state index contributed by atoms with van der Waals surface area (Å²) >= 11 is 0. The molecule has 1 aromatic rings. The second kappa shape index (κ2) is 4.78. The summed E-state index contributed by atoms with van der Waals surface area (Å²) in [6.45, 7) is 4.35. The molecule has 0 radical (unpaired) electrons. The van der Waals surface area contributed by atoms with E-state index in [-0.39, 0.29) is 5.41 Å². The first-order chi connectivity index (χ1) is 7.99. The van der Waals surface area contributed by atoms with Crippen molar-refractivity contribution in [1.82, 2.24) is 14.7 Å². The molecular weight excluding hydrogens is 212 g/mol. The standard InChI is InChI=1S/C13H24N4/c1-13(6-4-5-12(13)14)10-16(2)8-11-7-15-17(3)9-11/h7,9,12H,4-6,8,10,14H2,1-3H3. The van der Waals surface area contributed by atoms with Crippen molar-refractivity contribution in [3.8, 4) is 0 Å². The van der Waals surface area contributed by atoms with E-state index in [1.807, 2.05) is 17.9 Å². The van der Waals surface area contributed by atoms with E-state index in [1.165, 1.54) is 24.8 Å². The minimum atomic E-state index is 0.289. The second-order valence-corrected chi connectivity index (χ2v) is 5.85. The van der Waals surface area contributed by atoms with E-state index in [1.54, 1.807) is 0 Å².